The second-order valence-electron chi connectivity index (χ2n) is 5.80. The number of nitrogens with two attached hydrogens (primary N) is 1. The van der Waals surface area contributed by atoms with Crippen molar-refractivity contribution in [2.75, 3.05) is 31.6 Å². The second-order valence-corrected chi connectivity index (χ2v) is 7.36. The van der Waals surface area contributed by atoms with Gasteiger partial charge in [-0.2, -0.15) is 0 Å². The van der Waals surface area contributed by atoms with Gasteiger partial charge in [-0.25, -0.2) is 13.6 Å². The van der Waals surface area contributed by atoms with Gasteiger partial charge < -0.3 is 10.1 Å². The first-order valence-corrected chi connectivity index (χ1v) is 8.79. The van der Waals surface area contributed by atoms with Crippen LogP contribution in [0.15, 0.2) is 23.1 Å². The average Bonchev–Trinajstić information content (AvgIpc) is 2.83. The minimum absolute atomic E-state index is 0.0784. The van der Waals surface area contributed by atoms with E-state index in [9.17, 15) is 18.5 Å². The zero-order valence-corrected chi connectivity index (χ0v) is 13.2. The molecule has 0 unspecified atom stereocenters. The summed E-state index contributed by atoms with van der Waals surface area (Å²) >= 11 is 0. The van der Waals surface area contributed by atoms with Crippen molar-refractivity contribution in [3.05, 3.63) is 28.3 Å². The molecule has 9 nitrogen and oxygen atoms in total. The summed E-state index contributed by atoms with van der Waals surface area (Å²) in [5.74, 6) is 0. The minimum Gasteiger partial charge on any atom is -0.378 e. The molecule has 1 aromatic rings. The summed E-state index contributed by atoms with van der Waals surface area (Å²) in [6.07, 6.45) is 0.866. The zero-order chi connectivity index (χ0) is 16.6. The number of nitro benzene ring substituents is 1. The first-order chi connectivity index (χ1) is 10.8. The van der Waals surface area contributed by atoms with Crippen LogP contribution in [0.2, 0.25) is 0 Å². The third-order valence-electron chi connectivity index (χ3n) is 4.21. The molecular weight excluding hydrogens is 324 g/mol. The fourth-order valence-electron chi connectivity index (χ4n) is 2.85. The molecule has 126 valence electrons. The largest absolute Gasteiger partial charge is 0.378 e. The van der Waals surface area contributed by atoms with Crippen LogP contribution in [-0.4, -0.2) is 56.6 Å². The van der Waals surface area contributed by atoms with Gasteiger partial charge >= 0.3 is 0 Å². The summed E-state index contributed by atoms with van der Waals surface area (Å²) < 4.78 is 27.9. The minimum atomic E-state index is -3.97. The van der Waals surface area contributed by atoms with Crippen molar-refractivity contribution < 1.29 is 18.1 Å². The number of ether oxygens (including phenoxy) is 1. The standard InChI is InChI=1S/C13H18N4O5S/c14-23(20,21)11-1-2-12(13(5-11)17(18)19)15-9-3-4-16(6-9)10-7-22-8-10/h1-2,5,9-10,15H,3-4,6-8H2,(H2,14,20,21)/t9-/m0/s1. The van der Waals surface area contributed by atoms with Gasteiger partial charge in [-0.05, 0) is 18.6 Å². The Kier molecular flexibility index (Phi) is 4.23. The van der Waals surface area contributed by atoms with Gasteiger partial charge in [-0.3, -0.25) is 15.0 Å². The van der Waals surface area contributed by atoms with E-state index in [2.05, 4.69) is 10.2 Å². The molecule has 0 saturated carbocycles. The van der Waals surface area contributed by atoms with E-state index in [-0.39, 0.29) is 16.6 Å². The third-order valence-corrected chi connectivity index (χ3v) is 5.12. The fourth-order valence-corrected chi connectivity index (χ4v) is 3.39. The highest BCUT2D eigenvalue weighted by Crippen LogP contribution is 2.29. The Hall–Kier alpha value is -1.75. The first kappa shape index (κ1) is 16.1. The van der Waals surface area contributed by atoms with E-state index in [4.69, 9.17) is 9.88 Å². The lowest BCUT2D eigenvalue weighted by molar-refractivity contribution is -0.384. The van der Waals surface area contributed by atoms with E-state index >= 15 is 0 Å². The monoisotopic (exact) mass is 342 g/mol. The molecule has 0 amide bonds. The molecule has 2 aliphatic heterocycles. The molecule has 1 aromatic carbocycles. The number of benzene rings is 1. The van der Waals surface area contributed by atoms with Crippen LogP contribution in [-0.2, 0) is 14.8 Å². The van der Waals surface area contributed by atoms with E-state index in [1.54, 1.807) is 0 Å². The number of anilines is 1. The number of nitro groups is 1. The van der Waals surface area contributed by atoms with Crippen LogP contribution in [0.4, 0.5) is 11.4 Å². The molecule has 2 saturated heterocycles. The van der Waals surface area contributed by atoms with Gasteiger partial charge in [0.1, 0.15) is 5.69 Å². The van der Waals surface area contributed by atoms with Gasteiger partial charge in [0.25, 0.3) is 5.69 Å². The van der Waals surface area contributed by atoms with Crippen LogP contribution in [0, 0.1) is 10.1 Å². The summed E-state index contributed by atoms with van der Waals surface area (Å²) in [5, 5.41) is 19.4. The lowest BCUT2D eigenvalue weighted by atomic mass is 10.2. The predicted octanol–water partition coefficient (Wildman–Crippen LogP) is 0.127. The van der Waals surface area contributed by atoms with Crippen LogP contribution in [0.25, 0.3) is 0 Å². The maximum Gasteiger partial charge on any atom is 0.293 e. The number of hydrogen-bond donors (Lipinski definition) is 2. The van der Waals surface area contributed by atoms with Crippen LogP contribution in [0.1, 0.15) is 6.42 Å². The van der Waals surface area contributed by atoms with Gasteiger partial charge in [0.15, 0.2) is 0 Å². The molecule has 3 rings (SSSR count). The molecular formula is C13H18N4O5S. The van der Waals surface area contributed by atoms with Crippen LogP contribution in [0.3, 0.4) is 0 Å². The van der Waals surface area contributed by atoms with E-state index < -0.39 is 14.9 Å². The third kappa shape index (κ3) is 3.44. The molecule has 0 spiro atoms. The van der Waals surface area contributed by atoms with E-state index in [1.807, 2.05) is 0 Å². The number of rotatable bonds is 5. The highest BCUT2D eigenvalue weighted by molar-refractivity contribution is 7.89. The molecule has 10 heteroatoms. The van der Waals surface area contributed by atoms with Gasteiger partial charge in [0, 0.05) is 25.2 Å². The molecule has 23 heavy (non-hydrogen) atoms. The lowest BCUT2D eigenvalue weighted by Gasteiger charge is -2.34. The Labute approximate surface area is 133 Å². The first-order valence-electron chi connectivity index (χ1n) is 7.24. The number of hydrogen-bond acceptors (Lipinski definition) is 7. The Morgan fingerprint density at radius 1 is 1.39 bits per heavy atom. The fraction of sp³-hybridized carbons (Fsp3) is 0.538. The quantitative estimate of drug-likeness (QED) is 0.575. The molecule has 0 bridgehead atoms. The van der Waals surface area contributed by atoms with Gasteiger partial charge in [-0.15, -0.1) is 0 Å². The molecule has 1 atom stereocenters. The highest BCUT2D eigenvalue weighted by Gasteiger charge is 2.33. The van der Waals surface area contributed by atoms with Crippen molar-refractivity contribution in [2.45, 2.75) is 23.4 Å². The predicted molar refractivity (Wildman–Crippen MR) is 82.7 cm³/mol. The number of nitrogens with zero attached hydrogens (tertiary/aromatic N) is 2. The van der Waals surface area contributed by atoms with Crippen LogP contribution >= 0.6 is 0 Å². The SMILES string of the molecule is NS(=O)(=O)c1ccc(N[C@H]2CCN(C3COC3)C2)c([N+](=O)[O-])c1. The van der Waals surface area contributed by atoms with Crippen molar-refractivity contribution in [1.29, 1.82) is 0 Å². The Balaban J connectivity index is 1.76. The number of likely N-dealkylation sites (tertiary alicyclic amines) is 1. The normalized spacial score (nSPS) is 22.7. The van der Waals surface area contributed by atoms with Gasteiger partial charge in [0.2, 0.25) is 10.0 Å². The van der Waals surface area contributed by atoms with Crippen LogP contribution < -0.4 is 10.5 Å². The van der Waals surface area contributed by atoms with Crippen molar-refractivity contribution in [2.24, 2.45) is 5.14 Å². The second kappa shape index (κ2) is 6.04. The van der Waals surface area contributed by atoms with E-state index in [0.29, 0.717) is 11.7 Å². The van der Waals surface area contributed by atoms with Gasteiger partial charge in [-0.1, -0.05) is 0 Å². The Morgan fingerprint density at radius 3 is 2.70 bits per heavy atom. The van der Waals surface area contributed by atoms with E-state index in [1.165, 1.54) is 12.1 Å². The molecule has 2 heterocycles. The molecule has 0 aromatic heterocycles. The summed E-state index contributed by atoms with van der Waals surface area (Å²) in [4.78, 5) is 12.6. The molecule has 2 fully saturated rings. The van der Waals surface area contributed by atoms with E-state index in [0.717, 1.165) is 38.8 Å². The summed E-state index contributed by atoms with van der Waals surface area (Å²) in [5.41, 5.74) is 0.0149. The smallest absolute Gasteiger partial charge is 0.293 e. The van der Waals surface area contributed by atoms with Gasteiger partial charge in [0.05, 0.1) is 29.1 Å². The summed E-state index contributed by atoms with van der Waals surface area (Å²) in [7, 11) is -3.97. The van der Waals surface area contributed by atoms with Crippen LogP contribution in [0.5, 0.6) is 0 Å². The highest BCUT2D eigenvalue weighted by atomic mass is 32.2. The number of primary sulfonamides is 1. The maximum absolute atomic E-state index is 11.3. The average molecular weight is 342 g/mol. The summed E-state index contributed by atoms with van der Waals surface area (Å²) in [6, 6.07) is 4.17. The maximum atomic E-state index is 11.3. The van der Waals surface area contributed by atoms with Crippen molar-refractivity contribution in [1.82, 2.24) is 4.90 Å². The van der Waals surface area contributed by atoms with Crippen molar-refractivity contribution in [3.63, 3.8) is 0 Å². The Morgan fingerprint density at radius 2 is 2.13 bits per heavy atom. The summed E-state index contributed by atoms with van der Waals surface area (Å²) in [6.45, 7) is 3.16. The molecule has 0 radical (unpaired) electrons. The lowest BCUT2D eigenvalue weighted by Crippen LogP contribution is -2.48. The van der Waals surface area contributed by atoms with Crippen molar-refractivity contribution >= 4 is 21.4 Å². The van der Waals surface area contributed by atoms with Crippen molar-refractivity contribution in [3.8, 4) is 0 Å². The molecule has 3 N–H and O–H groups in total. The zero-order valence-electron chi connectivity index (χ0n) is 12.3. The number of nitrogens with one attached hydrogen (secondary N) is 1. The topological polar surface area (TPSA) is 128 Å². The molecule has 0 aliphatic carbocycles. The molecule has 2 aliphatic rings. The number of sulfonamides is 1. The Bertz CT molecular complexity index is 719.